The maximum Gasteiger partial charge on any atom is 0.269 e. The average Bonchev–Trinajstić information content (AvgIpc) is 2.97. The van der Waals surface area contributed by atoms with E-state index in [9.17, 15) is 14.9 Å². The zero-order valence-corrected chi connectivity index (χ0v) is 12.6. The number of H-pyrrole nitrogens is 1. The van der Waals surface area contributed by atoms with Gasteiger partial charge in [0, 0.05) is 23.6 Å². The molecule has 2 heterocycles. The number of fused-ring (bicyclic) bond motifs is 3. The van der Waals surface area contributed by atoms with E-state index in [2.05, 4.69) is 4.98 Å². The van der Waals surface area contributed by atoms with Gasteiger partial charge in [0.1, 0.15) is 17.2 Å². The van der Waals surface area contributed by atoms with Gasteiger partial charge in [0.05, 0.1) is 10.4 Å². The van der Waals surface area contributed by atoms with Crippen LogP contribution in [0.25, 0.3) is 33.2 Å². The van der Waals surface area contributed by atoms with E-state index in [0.29, 0.717) is 16.7 Å². The second-order valence-corrected chi connectivity index (χ2v) is 5.48. The summed E-state index contributed by atoms with van der Waals surface area (Å²) in [4.78, 5) is 24.8. The molecule has 4 rings (SSSR count). The van der Waals surface area contributed by atoms with Gasteiger partial charge in [-0.2, -0.15) is 5.26 Å². The minimum absolute atomic E-state index is 0.0119. The Morgan fingerprint density at radius 2 is 1.76 bits per heavy atom. The molecule has 25 heavy (non-hydrogen) atoms. The summed E-state index contributed by atoms with van der Waals surface area (Å²) in [6.45, 7) is 0. The number of nitro benzene ring substituents is 1. The van der Waals surface area contributed by atoms with E-state index in [1.54, 1.807) is 24.3 Å². The fourth-order valence-corrected chi connectivity index (χ4v) is 2.76. The molecule has 4 aromatic rings. The third-order valence-corrected chi connectivity index (χ3v) is 4.01. The number of pyridine rings is 1. The van der Waals surface area contributed by atoms with Crippen molar-refractivity contribution in [2.75, 3.05) is 0 Å². The number of hydrogen-bond acceptors (Lipinski definition) is 5. The van der Waals surface area contributed by atoms with Crippen molar-refractivity contribution in [2.24, 2.45) is 0 Å². The largest absolute Gasteiger partial charge is 0.454 e. The highest BCUT2D eigenvalue weighted by Crippen LogP contribution is 2.31. The quantitative estimate of drug-likeness (QED) is 0.444. The lowest BCUT2D eigenvalue weighted by molar-refractivity contribution is -0.384. The Labute approximate surface area is 139 Å². The smallest absolute Gasteiger partial charge is 0.269 e. The Kier molecular flexibility index (Phi) is 3.12. The second kappa shape index (κ2) is 5.32. The number of non-ortho nitro benzene ring substituents is 1. The zero-order valence-electron chi connectivity index (χ0n) is 12.6. The van der Waals surface area contributed by atoms with Crippen molar-refractivity contribution in [2.45, 2.75) is 0 Å². The molecule has 0 aliphatic carbocycles. The molecule has 0 aliphatic heterocycles. The molecule has 0 fully saturated rings. The molecule has 1 N–H and O–H groups in total. The number of rotatable bonds is 2. The van der Waals surface area contributed by atoms with E-state index in [0.717, 1.165) is 16.5 Å². The summed E-state index contributed by atoms with van der Waals surface area (Å²) >= 11 is 0. The van der Waals surface area contributed by atoms with Crippen LogP contribution >= 0.6 is 0 Å². The molecule has 120 valence electrons. The molecule has 0 atom stereocenters. The normalized spacial score (nSPS) is 10.8. The molecule has 0 saturated carbocycles. The maximum absolute atomic E-state index is 11.8. The fraction of sp³-hybridized carbons (Fsp3) is 0. The van der Waals surface area contributed by atoms with Crippen molar-refractivity contribution in [1.29, 1.82) is 5.26 Å². The Morgan fingerprint density at radius 3 is 2.44 bits per heavy atom. The number of nitriles is 1. The molecular weight excluding hydrogens is 322 g/mol. The van der Waals surface area contributed by atoms with Crippen LogP contribution in [0.3, 0.4) is 0 Å². The zero-order chi connectivity index (χ0) is 17.6. The number of hydrogen-bond donors (Lipinski definition) is 1. The van der Waals surface area contributed by atoms with Crippen LogP contribution in [0.15, 0.2) is 57.7 Å². The molecule has 0 bridgehead atoms. The maximum atomic E-state index is 11.8. The summed E-state index contributed by atoms with van der Waals surface area (Å²) in [7, 11) is 0. The van der Waals surface area contributed by atoms with Crippen molar-refractivity contribution in [3.05, 3.63) is 74.6 Å². The van der Waals surface area contributed by atoms with Crippen molar-refractivity contribution in [1.82, 2.24) is 4.98 Å². The summed E-state index contributed by atoms with van der Waals surface area (Å²) in [5.41, 5.74) is 2.69. The highest BCUT2D eigenvalue weighted by Gasteiger charge is 2.12. The lowest BCUT2D eigenvalue weighted by Crippen LogP contribution is -2.08. The van der Waals surface area contributed by atoms with Crippen LogP contribution in [0.5, 0.6) is 0 Å². The standard InChI is InChI=1S/C18H9N3O4/c19-9-12-8-16-17(20-18(12)22)14-6-3-11(7-15(14)25-16)10-1-4-13(5-2-10)21(23)24/h1-8H,(H,20,22). The molecular formula is C18H9N3O4. The topological polar surface area (TPSA) is 113 Å². The van der Waals surface area contributed by atoms with Crippen LogP contribution in [0.2, 0.25) is 0 Å². The Bertz CT molecular complexity index is 1240. The van der Waals surface area contributed by atoms with Crippen LogP contribution in [0.4, 0.5) is 5.69 Å². The van der Waals surface area contributed by atoms with Crippen molar-refractivity contribution in [3.63, 3.8) is 0 Å². The van der Waals surface area contributed by atoms with Crippen LogP contribution in [-0.2, 0) is 0 Å². The van der Waals surface area contributed by atoms with E-state index < -0.39 is 10.5 Å². The summed E-state index contributed by atoms with van der Waals surface area (Å²) < 4.78 is 5.74. The number of nitrogens with zero attached hydrogens (tertiary/aromatic N) is 2. The second-order valence-electron chi connectivity index (χ2n) is 5.48. The first-order chi connectivity index (χ1) is 12.1. The van der Waals surface area contributed by atoms with Crippen LogP contribution in [-0.4, -0.2) is 9.91 Å². The molecule has 0 unspecified atom stereocenters. The van der Waals surface area contributed by atoms with Gasteiger partial charge >= 0.3 is 0 Å². The van der Waals surface area contributed by atoms with E-state index in [-0.39, 0.29) is 11.3 Å². The van der Waals surface area contributed by atoms with Gasteiger partial charge in [-0.15, -0.1) is 0 Å². The molecule has 0 saturated heterocycles. The van der Waals surface area contributed by atoms with Gasteiger partial charge in [0.25, 0.3) is 11.2 Å². The van der Waals surface area contributed by atoms with Gasteiger partial charge in [0.2, 0.25) is 0 Å². The third kappa shape index (κ3) is 2.33. The minimum Gasteiger partial charge on any atom is -0.454 e. The van der Waals surface area contributed by atoms with E-state index in [4.69, 9.17) is 9.68 Å². The fourth-order valence-electron chi connectivity index (χ4n) is 2.76. The van der Waals surface area contributed by atoms with Gasteiger partial charge in [-0.3, -0.25) is 14.9 Å². The number of furan rings is 1. The summed E-state index contributed by atoms with van der Waals surface area (Å²) in [5, 5.41) is 20.4. The van der Waals surface area contributed by atoms with Crippen LogP contribution in [0.1, 0.15) is 5.56 Å². The van der Waals surface area contributed by atoms with Gasteiger partial charge in [-0.25, -0.2) is 0 Å². The van der Waals surface area contributed by atoms with E-state index in [1.807, 2.05) is 12.1 Å². The highest BCUT2D eigenvalue weighted by molar-refractivity contribution is 6.03. The third-order valence-electron chi connectivity index (χ3n) is 4.01. The Hall–Kier alpha value is -3.92. The molecule has 0 aliphatic rings. The van der Waals surface area contributed by atoms with Crippen molar-refractivity contribution >= 4 is 27.8 Å². The molecule has 0 amide bonds. The first-order valence-corrected chi connectivity index (χ1v) is 7.31. The Morgan fingerprint density at radius 1 is 1.04 bits per heavy atom. The Balaban J connectivity index is 1.88. The summed E-state index contributed by atoms with van der Waals surface area (Å²) in [5.74, 6) is 0. The number of nitro groups is 1. The SMILES string of the molecule is N#Cc1cc2oc3cc(-c4ccc([N+](=O)[O-])cc4)ccc3c2[nH]c1=O. The monoisotopic (exact) mass is 331 g/mol. The number of aromatic amines is 1. The molecule has 2 aromatic carbocycles. The van der Waals surface area contributed by atoms with Gasteiger partial charge in [-0.1, -0.05) is 6.07 Å². The van der Waals surface area contributed by atoms with Crippen molar-refractivity contribution < 1.29 is 9.34 Å². The first-order valence-electron chi connectivity index (χ1n) is 7.31. The number of aromatic nitrogens is 1. The van der Waals surface area contributed by atoms with Crippen LogP contribution < -0.4 is 5.56 Å². The number of benzene rings is 2. The van der Waals surface area contributed by atoms with E-state index in [1.165, 1.54) is 18.2 Å². The molecule has 0 radical (unpaired) electrons. The lowest BCUT2D eigenvalue weighted by Gasteiger charge is -2.01. The van der Waals surface area contributed by atoms with Gasteiger partial charge < -0.3 is 9.40 Å². The average molecular weight is 331 g/mol. The predicted molar refractivity (Wildman–Crippen MR) is 91.1 cm³/mol. The van der Waals surface area contributed by atoms with E-state index >= 15 is 0 Å². The molecule has 7 nitrogen and oxygen atoms in total. The predicted octanol–water partition coefficient (Wildman–Crippen LogP) is 3.72. The summed E-state index contributed by atoms with van der Waals surface area (Å²) in [6.07, 6.45) is 0. The lowest BCUT2D eigenvalue weighted by atomic mass is 10.0. The minimum atomic E-state index is -0.461. The van der Waals surface area contributed by atoms with Crippen molar-refractivity contribution in [3.8, 4) is 17.2 Å². The van der Waals surface area contributed by atoms with Gasteiger partial charge in [-0.05, 0) is 35.4 Å². The number of nitrogens with one attached hydrogen (secondary N) is 1. The highest BCUT2D eigenvalue weighted by atomic mass is 16.6. The molecule has 2 aromatic heterocycles. The first kappa shape index (κ1) is 14.7. The van der Waals surface area contributed by atoms with Gasteiger partial charge in [0.15, 0.2) is 5.58 Å². The summed E-state index contributed by atoms with van der Waals surface area (Å²) in [6, 6.07) is 14.9. The molecule has 0 spiro atoms. The van der Waals surface area contributed by atoms with Crippen LogP contribution in [0, 0.1) is 21.4 Å². The molecule has 7 heteroatoms.